The summed E-state index contributed by atoms with van der Waals surface area (Å²) in [5, 5.41) is 2.97. The quantitative estimate of drug-likeness (QED) is 0.707. The van der Waals surface area contributed by atoms with E-state index < -0.39 is 10.0 Å². The van der Waals surface area contributed by atoms with Crippen LogP contribution in [0.2, 0.25) is 0 Å². The zero-order valence-corrected chi connectivity index (χ0v) is 12.5. The van der Waals surface area contributed by atoms with Crippen LogP contribution in [0, 0.1) is 6.92 Å². The van der Waals surface area contributed by atoms with E-state index >= 15 is 0 Å². The van der Waals surface area contributed by atoms with Crippen molar-refractivity contribution in [2.24, 2.45) is 0 Å². The van der Waals surface area contributed by atoms with Crippen LogP contribution in [0.4, 0.5) is 0 Å². The van der Waals surface area contributed by atoms with E-state index in [1.165, 1.54) is 0 Å². The molecule has 0 bridgehead atoms. The maximum atomic E-state index is 12.0. The smallest absolute Gasteiger partial charge is 0.240 e. The summed E-state index contributed by atoms with van der Waals surface area (Å²) in [4.78, 5) is 0.276. The molecule has 5 nitrogen and oxygen atoms in total. The standard InChI is InChI=1S/C13H22N2O3S/c1-4-18-13-7-6-12(10-11(13)2)19(16,17)15-9-5-8-14-3/h6-7,10,14-15H,4-5,8-9H2,1-3H3. The van der Waals surface area contributed by atoms with E-state index in [1.807, 2.05) is 20.9 Å². The minimum atomic E-state index is -3.43. The van der Waals surface area contributed by atoms with E-state index in [4.69, 9.17) is 4.74 Å². The van der Waals surface area contributed by atoms with Gasteiger partial charge in [-0.3, -0.25) is 0 Å². The lowest BCUT2D eigenvalue weighted by molar-refractivity contribution is 0.337. The molecule has 0 saturated carbocycles. The Labute approximate surface area is 115 Å². The molecule has 0 aromatic heterocycles. The van der Waals surface area contributed by atoms with Crippen molar-refractivity contribution in [1.82, 2.24) is 10.0 Å². The first kappa shape index (κ1) is 15.9. The zero-order chi connectivity index (χ0) is 14.3. The van der Waals surface area contributed by atoms with Crippen molar-refractivity contribution in [2.75, 3.05) is 26.7 Å². The van der Waals surface area contributed by atoms with Crippen molar-refractivity contribution in [3.63, 3.8) is 0 Å². The van der Waals surface area contributed by atoms with Gasteiger partial charge in [0.05, 0.1) is 11.5 Å². The molecular formula is C13H22N2O3S. The largest absolute Gasteiger partial charge is 0.494 e. The number of rotatable bonds is 8. The fourth-order valence-electron chi connectivity index (χ4n) is 1.66. The molecule has 0 heterocycles. The first-order chi connectivity index (χ1) is 9.01. The highest BCUT2D eigenvalue weighted by atomic mass is 32.2. The molecule has 6 heteroatoms. The summed E-state index contributed by atoms with van der Waals surface area (Å²) >= 11 is 0. The van der Waals surface area contributed by atoms with Crippen molar-refractivity contribution < 1.29 is 13.2 Å². The summed E-state index contributed by atoms with van der Waals surface area (Å²) in [7, 11) is -1.59. The Kier molecular flexibility index (Phi) is 6.27. The van der Waals surface area contributed by atoms with E-state index in [9.17, 15) is 8.42 Å². The predicted molar refractivity (Wildman–Crippen MR) is 76.1 cm³/mol. The maximum Gasteiger partial charge on any atom is 0.240 e. The Morgan fingerprint density at radius 3 is 2.58 bits per heavy atom. The van der Waals surface area contributed by atoms with E-state index in [2.05, 4.69) is 10.0 Å². The average Bonchev–Trinajstić information content (AvgIpc) is 2.37. The minimum Gasteiger partial charge on any atom is -0.494 e. The molecule has 0 amide bonds. The third-order valence-corrected chi connectivity index (χ3v) is 4.11. The van der Waals surface area contributed by atoms with Crippen LogP contribution in [0.15, 0.2) is 23.1 Å². The highest BCUT2D eigenvalue weighted by Gasteiger charge is 2.14. The molecule has 0 unspecified atom stereocenters. The van der Waals surface area contributed by atoms with Crippen LogP contribution >= 0.6 is 0 Å². The summed E-state index contributed by atoms with van der Waals surface area (Å²) in [5.41, 5.74) is 0.819. The van der Waals surface area contributed by atoms with Crippen LogP contribution in [0.5, 0.6) is 5.75 Å². The van der Waals surface area contributed by atoms with Crippen molar-refractivity contribution in [2.45, 2.75) is 25.2 Å². The molecule has 0 atom stereocenters. The average molecular weight is 286 g/mol. The molecule has 0 spiro atoms. The van der Waals surface area contributed by atoms with Gasteiger partial charge >= 0.3 is 0 Å². The normalized spacial score (nSPS) is 11.5. The van der Waals surface area contributed by atoms with Crippen LogP contribution in [0.3, 0.4) is 0 Å². The van der Waals surface area contributed by atoms with Crippen molar-refractivity contribution in [1.29, 1.82) is 0 Å². The second-order valence-corrected chi connectivity index (χ2v) is 5.98. The second-order valence-electron chi connectivity index (χ2n) is 4.22. The molecule has 0 aliphatic rings. The van der Waals surface area contributed by atoms with Gasteiger partial charge in [-0.2, -0.15) is 0 Å². The van der Waals surface area contributed by atoms with Gasteiger partial charge in [0.25, 0.3) is 0 Å². The van der Waals surface area contributed by atoms with Crippen molar-refractivity contribution in [3.8, 4) is 5.75 Å². The van der Waals surface area contributed by atoms with Gasteiger partial charge < -0.3 is 10.1 Å². The Hall–Kier alpha value is -1.11. The molecule has 1 rings (SSSR count). The number of hydrogen-bond acceptors (Lipinski definition) is 4. The van der Waals surface area contributed by atoms with Crippen LogP contribution in [-0.4, -0.2) is 35.2 Å². The van der Waals surface area contributed by atoms with E-state index in [0.29, 0.717) is 13.2 Å². The number of ether oxygens (including phenoxy) is 1. The number of benzene rings is 1. The molecule has 0 aliphatic carbocycles. The van der Waals surface area contributed by atoms with Crippen LogP contribution in [-0.2, 0) is 10.0 Å². The topological polar surface area (TPSA) is 67.4 Å². The second kappa shape index (κ2) is 7.47. The molecule has 1 aromatic carbocycles. The summed E-state index contributed by atoms with van der Waals surface area (Å²) in [6.45, 7) is 5.51. The van der Waals surface area contributed by atoms with Crippen molar-refractivity contribution >= 4 is 10.0 Å². The van der Waals surface area contributed by atoms with Crippen LogP contribution < -0.4 is 14.8 Å². The number of hydrogen-bond donors (Lipinski definition) is 2. The van der Waals surface area contributed by atoms with Gasteiger partial charge in [-0.1, -0.05) is 0 Å². The lowest BCUT2D eigenvalue weighted by atomic mass is 10.2. The summed E-state index contributed by atoms with van der Waals surface area (Å²) in [6, 6.07) is 4.89. The number of nitrogens with one attached hydrogen (secondary N) is 2. The lowest BCUT2D eigenvalue weighted by Crippen LogP contribution is -2.26. The van der Waals surface area contributed by atoms with Gasteiger partial charge in [0.15, 0.2) is 0 Å². The first-order valence-electron chi connectivity index (χ1n) is 6.39. The third-order valence-electron chi connectivity index (χ3n) is 2.65. The molecule has 0 saturated heterocycles. The molecule has 19 heavy (non-hydrogen) atoms. The fraction of sp³-hybridized carbons (Fsp3) is 0.538. The Morgan fingerprint density at radius 1 is 1.26 bits per heavy atom. The number of sulfonamides is 1. The van der Waals surface area contributed by atoms with Crippen LogP contribution in [0.1, 0.15) is 18.9 Å². The SMILES string of the molecule is CCOc1ccc(S(=O)(=O)NCCCNC)cc1C. The molecule has 0 radical (unpaired) electrons. The lowest BCUT2D eigenvalue weighted by Gasteiger charge is -2.10. The molecule has 2 N–H and O–H groups in total. The van der Waals surface area contributed by atoms with E-state index in [0.717, 1.165) is 24.3 Å². The van der Waals surface area contributed by atoms with Gasteiger partial charge in [-0.05, 0) is 57.6 Å². The van der Waals surface area contributed by atoms with E-state index in [-0.39, 0.29) is 4.90 Å². The number of aryl methyl sites for hydroxylation is 1. The predicted octanol–water partition coefficient (Wildman–Crippen LogP) is 1.28. The highest BCUT2D eigenvalue weighted by Crippen LogP contribution is 2.21. The minimum absolute atomic E-state index is 0.276. The monoisotopic (exact) mass is 286 g/mol. The summed E-state index contributed by atoms with van der Waals surface area (Å²) in [6.07, 6.45) is 0.756. The zero-order valence-electron chi connectivity index (χ0n) is 11.7. The van der Waals surface area contributed by atoms with Gasteiger partial charge in [-0.25, -0.2) is 13.1 Å². The van der Waals surface area contributed by atoms with Gasteiger partial charge in [0.2, 0.25) is 10.0 Å². The van der Waals surface area contributed by atoms with E-state index in [1.54, 1.807) is 18.2 Å². The molecule has 0 fully saturated rings. The molecular weight excluding hydrogens is 264 g/mol. The Bertz CT molecular complexity index is 501. The van der Waals surface area contributed by atoms with Gasteiger partial charge in [-0.15, -0.1) is 0 Å². The first-order valence-corrected chi connectivity index (χ1v) is 7.87. The Morgan fingerprint density at radius 2 is 2.00 bits per heavy atom. The Balaban J connectivity index is 2.75. The molecule has 108 valence electrons. The molecule has 1 aromatic rings. The summed E-state index contributed by atoms with van der Waals surface area (Å²) < 4.78 is 32.1. The van der Waals surface area contributed by atoms with Gasteiger partial charge in [0.1, 0.15) is 5.75 Å². The van der Waals surface area contributed by atoms with Crippen molar-refractivity contribution in [3.05, 3.63) is 23.8 Å². The highest BCUT2D eigenvalue weighted by molar-refractivity contribution is 7.89. The fourth-order valence-corrected chi connectivity index (χ4v) is 2.82. The third kappa shape index (κ3) is 4.81. The summed E-state index contributed by atoms with van der Waals surface area (Å²) in [5.74, 6) is 0.719. The molecule has 0 aliphatic heterocycles. The maximum absolute atomic E-state index is 12.0. The van der Waals surface area contributed by atoms with Crippen LogP contribution in [0.25, 0.3) is 0 Å². The van der Waals surface area contributed by atoms with Gasteiger partial charge in [0, 0.05) is 6.54 Å².